The molecular formula is C17H25NO2S. The molecule has 4 heteroatoms. The lowest BCUT2D eigenvalue weighted by atomic mass is 9.94. The Labute approximate surface area is 131 Å². The van der Waals surface area contributed by atoms with Crippen LogP contribution in [0.5, 0.6) is 0 Å². The minimum absolute atomic E-state index is 0.00162. The van der Waals surface area contributed by atoms with Crippen LogP contribution in [0.3, 0.4) is 0 Å². The predicted molar refractivity (Wildman–Crippen MR) is 87.7 cm³/mol. The topological polar surface area (TPSA) is 49.3 Å². The summed E-state index contributed by atoms with van der Waals surface area (Å²) in [5, 5.41) is 12.5. The Morgan fingerprint density at radius 1 is 1.29 bits per heavy atom. The number of hydrogen-bond acceptors (Lipinski definition) is 3. The molecule has 0 aliphatic heterocycles. The van der Waals surface area contributed by atoms with E-state index in [9.17, 15) is 9.90 Å². The summed E-state index contributed by atoms with van der Waals surface area (Å²) in [7, 11) is 0. The van der Waals surface area contributed by atoms with Crippen LogP contribution in [-0.2, 0) is 17.6 Å². The highest BCUT2D eigenvalue weighted by atomic mass is 32.2. The van der Waals surface area contributed by atoms with Crippen molar-refractivity contribution in [3.05, 3.63) is 29.3 Å². The highest BCUT2D eigenvalue weighted by Crippen LogP contribution is 2.27. The second kappa shape index (κ2) is 7.32. The Hall–Kier alpha value is -1.00. The number of fused-ring (bicyclic) bond motifs is 1. The normalized spacial score (nSPS) is 14.0. The number of carbonyl (C=O) groups excluding carboxylic acids is 1. The fourth-order valence-electron chi connectivity index (χ4n) is 2.81. The number of thioether (sulfide) groups is 1. The van der Waals surface area contributed by atoms with Crippen molar-refractivity contribution < 1.29 is 9.90 Å². The molecule has 2 rings (SSSR count). The molecule has 0 fully saturated rings. The van der Waals surface area contributed by atoms with Crippen molar-refractivity contribution in [3.63, 3.8) is 0 Å². The zero-order valence-corrected chi connectivity index (χ0v) is 13.8. The second-order valence-corrected chi connectivity index (χ2v) is 6.82. The summed E-state index contributed by atoms with van der Waals surface area (Å²) < 4.78 is 0. The number of aryl methyl sites for hydroxylation is 2. The van der Waals surface area contributed by atoms with Gasteiger partial charge in [0.1, 0.15) is 0 Å². The first-order valence-electron chi connectivity index (χ1n) is 7.79. The Morgan fingerprint density at radius 2 is 2.00 bits per heavy atom. The first kappa shape index (κ1) is 16.4. The summed E-state index contributed by atoms with van der Waals surface area (Å²) in [6.07, 6.45) is 5.09. The lowest BCUT2D eigenvalue weighted by Crippen LogP contribution is -2.51. The standard InChI is InChI=1S/C17H25NO2S/c1-3-17(4-2,12-19)18-16(20)11-21-15-9-8-13-6-5-7-14(13)10-15/h8-10,19H,3-7,11-12H2,1-2H3,(H,18,20). The van der Waals surface area contributed by atoms with E-state index in [4.69, 9.17) is 0 Å². The zero-order valence-electron chi connectivity index (χ0n) is 12.9. The summed E-state index contributed by atoms with van der Waals surface area (Å²) >= 11 is 1.57. The largest absolute Gasteiger partial charge is 0.394 e. The number of benzene rings is 1. The van der Waals surface area contributed by atoms with Crippen LogP contribution in [0.4, 0.5) is 0 Å². The molecule has 116 valence electrons. The van der Waals surface area contributed by atoms with Crippen molar-refractivity contribution in [2.45, 2.75) is 56.4 Å². The molecule has 0 saturated carbocycles. The number of amides is 1. The van der Waals surface area contributed by atoms with E-state index in [0.29, 0.717) is 5.75 Å². The van der Waals surface area contributed by atoms with Crippen LogP contribution < -0.4 is 5.32 Å². The summed E-state index contributed by atoms with van der Waals surface area (Å²) in [6, 6.07) is 6.53. The number of carbonyl (C=O) groups is 1. The van der Waals surface area contributed by atoms with Crippen LogP contribution in [0.15, 0.2) is 23.1 Å². The van der Waals surface area contributed by atoms with Gasteiger partial charge in [-0.2, -0.15) is 0 Å². The fraction of sp³-hybridized carbons (Fsp3) is 0.588. The zero-order chi connectivity index (χ0) is 15.3. The van der Waals surface area contributed by atoms with Crippen molar-refractivity contribution in [1.29, 1.82) is 0 Å². The van der Waals surface area contributed by atoms with Gasteiger partial charge in [0.15, 0.2) is 0 Å². The van der Waals surface area contributed by atoms with Gasteiger partial charge in [-0.05, 0) is 55.4 Å². The van der Waals surface area contributed by atoms with Crippen molar-refractivity contribution in [1.82, 2.24) is 5.32 Å². The van der Waals surface area contributed by atoms with Crippen molar-refractivity contribution >= 4 is 17.7 Å². The number of aliphatic hydroxyl groups is 1. The van der Waals surface area contributed by atoms with Gasteiger partial charge in [0.25, 0.3) is 0 Å². The van der Waals surface area contributed by atoms with Gasteiger partial charge in [0.05, 0.1) is 17.9 Å². The Balaban J connectivity index is 1.89. The maximum atomic E-state index is 12.1. The van der Waals surface area contributed by atoms with E-state index in [1.807, 2.05) is 13.8 Å². The second-order valence-electron chi connectivity index (χ2n) is 5.77. The van der Waals surface area contributed by atoms with Gasteiger partial charge in [-0.3, -0.25) is 4.79 Å². The molecule has 1 aliphatic carbocycles. The molecule has 0 aromatic heterocycles. The fourth-order valence-corrected chi connectivity index (χ4v) is 3.57. The first-order chi connectivity index (χ1) is 10.1. The molecule has 3 nitrogen and oxygen atoms in total. The third-order valence-corrected chi connectivity index (χ3v) is 5.49. The van der Waals surface area contributed by atoms with Gasteiger partial charge in [-0.15, -0.1) is 11.8 Å². The molecular weight excluding hydrogens is 282 g/mol. The summed E-state index contributed by atoms with van der Waals surface area (Å²) in [4.78, 5) is 13.3. The molecule has 1 amide bonds. The minimum atomic E-state index is -0.463. The summed E-state index contributed by atoms with van der Waals surface area (Å²) in [5.41, 5.74) is 2.43. The molecule has 0 saturated heterocycles. The number of aliphatic hydroxyl groups excluding tert-OH is 1. The third kappa shape index (κ3) is 4.01. The molecule has 0 atom stereocenters. The van der Waals surface area contributed by atoms with E-state index < -0.39 is 5.54 Å². The molecule has 0 heterocycles. The average Bonchev–Trinajstić information content (AvgIpc) is 2.98. The predicted octanol–water partition coefficient (Wildman–Crippen LogP) is 2.93. The van der Waals surface area contributed by atoms with Crippen LogP contribution in [0.2, 0.25) is 0 Å². The number of rotatable bonds is 7. The van der Waals surface area contributed by atoms with Gasteiger partial charge in [-0.1, -0.05) is 19.9 Å². The van der Waals surface area contributed by atoms with E-state index in [1.165, 1.54) is 24.0 Å². The molecule has 1 aromatic rings. The van der Waals surface area contributed by atoms with E-state index in [-0.39, 0.29) is 12.5 Å². The summed E-state index contributed by atoms with van der Waals surface area (Å²) in [5.74, 6) is 0.402. The Kier molecular flexibility index (Phi) is 5.71. The van der Waals surface area contributed by atoms with Crippen LogP contribution in [0.25, 0.3) is 0 Å². The average molecular weight is 307 g/mol. The van der Waals surface area contributed by atoms with Crippen molar-refractivity contribution in [2.75, 3.05) is 12.4 Å². The maximum Gasteiger partial charge on any atom is 0.230 e. The van der Waals surface area contributed by atoms with Gasteiger partial charge in [0, 0.05) is 4.90 Å². The van der Waals surface area contributed by atoms with Gasteiger partial charge >= 0.3 is 0 Å². The quantitative estimate of drug-likeness (QED) is 0.762. The molecule has 0 spiro atoms. The smallest absolute Gasteiger partial charge is 0.230 e. The van der Waals surface area contributed by atoms with E-state index in [0.717, 1.165) is 24.2 Å². The molecule has 0 unspecified atom stereocenters. The van der Waals surface area contributed by atoms with E-state index >= 15 is 0 Å². The lowest BCUT2D eigenvalue weighted by Gasteiger charge is -2.30. The van der Waals surface area contributed by atoms with Gasteiger partial charge in [0.2, 0.25) is 5.91 Å². The van der Waals surface area contributed by atoms with Crippen LogP contribution >= 0.6 is 11.8 Å². The van der Waals surface area contributed by atoms with E-state index in [1.54, 1.807) is 11.8 Å². The minimum Gasteiger partial charge on any atom is -0.394 e. The molecule has 2 N–H and O–H groups in total. The Morgan fingerprint density at radius 3 is 2.67 bits per heavy atom. The van der Waals surface area contributed by atoms with Crippen LogP contribution in [0.1, 0.15) is 44.2 Å². The van der Waals surface area contributed by atoms with Gasteiger partial charge < -0.3 is 10.4 Å². The lowest BCUT2D eigenvalue weighted by molar-refractivity contribution is -0.121. The molecule has 21 heavy (non-hydrogen) atoms. The van der Waals surface area contributed by atoms with Crippen molar-refractivity contribution in [3.8, 4) is 0 Å². The molecule has 1 aliphatic rings. The maximum absolute atomic E-state index is 12.1. The monoisotopic (exact) mass is 307 g/mol. The van der Waals surface area contributed by atoms with Gasteiger partial charge in [-0.25, -0.2) is 0 Å². The highest BCUT2D eigenvalue weighted by Gasteiger charge is 2.26. The van der Waals surface area contributed by atoms with Crippen LogP contribution in [0, 0.1) is 0 Å². The SMILES string of the molecule is CCC(CC)(CO)NC(=O)CSc1ccc2c(c1)CCC2. The van der Waals surface area contributed by atoms with E-state index in [2.05, 4.69) is 23.5 Å². The molecule has 0 bridgehead atoms. The molecule has 0 radical (unpaired) electrons. The third-order valence-electron chi connectivity index (χ3n) is 4.50. The number of hydrogen-bond donors (Lipinski definition) is 2. The first-order valence-corrected chi connectivity index (χ1v) is 8.77. The summed E-state index contributed by atoms with van der Waals surface area (Å²) in [6.45, 7) is 3.98. The highest BCUT2D eigenvalue weighted by molar-refractivity contribution is 8.00. The van der Waals surface area contributed by atoms with Crippen LogP contribution in [-0.4, -0.2) is 28.9 Å². The van der Waals surface area contributed by atoms with Crippen molar-refractivity contribution in [2.24, 2.45) is 0 Å². The molecule has 1 aromatic carbocycles. The Bertz CT molecular complexity index is 489. The number of nitrogens with one attached hydrogen (secondary N) is 1.